The topological polar surface area (TPSA) is 65.7 Å². The quantitative estimate of drug-likeness (QED) is 0.225. The molecule has 0 saturated heterocycles. The van der Waals surface area contributed by atoms with Gasteiger partial charge in [0.1, 0.15) is 12.4 Å². The van der Waals surface area contributed by atoms with E-state index >= 15 is 0 Å². The molecule has 0 aliphatic rings. The van der Waals surface area contributed by atoms with E-state index in [-0.39, 0.29) is 11.5 Å². The second kappa shape index (κ2) is 11.1. The first-order chi connectivity index (χ1) is 16.9. The van der Waals surface area contributed by atoms with Crippen molar-refractivity contribution in [3.63, 3.8) is 0 Å². The Bertz CT molecular complexity index is 1430. The average molecular weight is 555 g/mol. The Morgan fingerprint density at radius 3 is 2.60 bits per heavy atom. The van der Waals surface area contributed by atoms with Gasteiger partial charge in [-0.25, -0.2) is 4.98 Å². The van der Waals surface area contributed by atoms with Crippen molar-refractivity contribution in [1.29, 1.82) is 0 Å². The standard InChI is InChI=1S/C27H25BrClN3O3/c1-4-17(2)26-31-23-11-8-20(28)14-22(23)27(33)32(26)30-15-19-7-12-24(25(13-19)34-3)35-16-18-5-9-21(29)10-6-18/h5-15,17H,4,16H2,1-3H3/t17-/m1/s1. The Morgan fingerprint density at radius 1 is 1.11 bits per heavy atom. The summed E-state index contributed by atoms with van der Waals surface area (Å²) >= 11 is 9.38. The molecule has 0 bridgehead atoms. The van der Waals surface area contributed by atoms with Crippen molar-refractivity contribution >= 4 is 44.6 Å². The summed E-state index contributed by atoms with van der Waals surface area (Å²) in [7, 11) is 1.59. The number of nitrogens with zero attached hydrogens (tertiary/aromatic N) is 3. The van der Waals surface area contributed by atoms with Crippen LogP contribution in [0.4, 0.5) is 0 Å². The van der Waals surface area contributed by atoms with Crippen molar-refractivity contribution < 1.29 is 9.47 Å². The van der Waals surface area contributed by atoms with E-state index in [1.165, 1.54) is 4.68 Å². The largest absolute Gasteiger partial charge is 0.493 e. The normalized spacial score (nSPS) is 12.3. The SMILES string of the molecule is CC[C@@H](C)c1nc2ccc(Br)cc2c(=O)n1N=Cc1ccc(OCc2ccc(Cl)cc2)c(OC)c1. The summed E-state index contributed by atoms with van der Waals surface area (Å²) < 4.78 is 13.7. The first kappa shape index (κ1) is 24.9. The maximum absolute atomic E-state index is 13.3. The Hall–Kier alpha value is -3.16. The number of aromatic nitrogens is 2. The molecule has 6 nitrogen and oxygen atoms in total. The minimum atomic E-state index is -0.210. The van der Waals surface area contributed by atoms with Crippen LogP contribution in [0, 0.1) is 0 Å². The van der Waals surface area contributed by atoms with Crippen LogP contribution < -0.4 is 15.0 Å². The fourth-order valence-corrected chi connectivity index (χ4v) is 4.02. The highest BCUT2D eigenvalue weighted by molar-refractivity contribution is 9.10. The fraction of sp³-hybridized carbons (Fsp3) is 0.222. The number of ether oxygens (including phenoxy) is 2. The molecule has 0 aliphatic carbocycles. The second-order valence-electron chi connectivity index (χ2n) is 8.13. The van der Waals surface area contributed by atoms with Crippen molar-refractivity contribution in [2.45, 2.75) is 32.8 Å². The summed E-state index contributed by atoms with van der Waals surface area (Å²) in [5, 5.41) is 5.71. The van der Waals surface area contributed by atoms with Crippen LogP contribution in [0.15, 0.2) is 75.0 Å². The van der Waals surface area contributed by atoms with Gasteiger partial charge in [0, 0.05) is 15.4 Å². The zero-order chi connectivity index (χ0) is 24.9. The molecule has 0 saturated carbocycles. The van der Waals surface area contributed by atoms with E-state index in [0.29, 0.717) is 39.9 Å². The predicted molar refractivity (Wildman–Crippen MR) is 144 cm³/mol. The Kier molecular flexibility index (Phi) is 7.88. The molecule has 0 unspecified atom stereocenters. The zero-order valence-corrected chi connectivity index (χ0v) is 22.0. The van der Waals surface area contributed by atoms with Crippen molar-refractivity contribution in [3.8, 4) is 11.5 Å². The third kappa shape index (κ3) is 5.74. The third-order valence-corrected chi connectivity index (χ3v) is 6.45. The lowest BCUT2D eigenvalue weighted by Crippen LogP contribution is -2.23. The van der Waals surface area contributed by atoms with E-state index in [1.54, 1.807) is 19.4 Å². The number of hydrogen-bond donors (Lipinski definition) is 0. The first-order valence-corrected chi connectivity index (χ1v) is 12.4. The van der Waals surface area contributed by atoms with Gasteiger partial charge >= 0.3 is 0 Å². The fourth-order valence-electron chi connectivity index (χ4n) is 3.53. The maximum Gasteiger partial charge on any atom is 0.282 e. The molecule has 1 heterocycles. The zero-order valence-electron chi connectivity index (χ0n) is 19.7. The molecule has 180 valence electrons. The van der Waals surface area contributed by atoms with Gasteiger partial charge in [0.2, 0.25) is 0 Å². The van der Waals surface area contributed by atoms with Gasteiger partial charge in [-0.15, -0.1) is 0 Å². The molecule has 0 aliphatic heterocycles. The minimum Gasteiger partial charge on any atom is -0.493 e. The maximum atomic E-state index is 13.3. The van der Waals surface area contributed by atoms with Crippen LogP contribution >= 0.6 is 27.5 Å². The van der Waals surface area contributed by atoms with Crippen molar-refractivity contribution in [2.24, 2.45) is 5.10 Å². The Morgan fingerprint density at radius 2 is 1.89 bits per heavy atom. The number of rotatable bonds is 8. The van der Waals surface area contributed by atoms with E-state index in [9.17, 15) is 4.79 Å². The van der Waals surface area contributed by atoms with Gasteiger partial charge in [-0.3, -0.25) is 4.79 Å². The molecule has 4 aromatic rings. The van der Waals surface area contributed by atoms with Crippen LogP contribution in [0.5, 0.6) is 11.5 Å². The summed E-state index contributed by atoms with van der Waals surface area (Å²) in [6, 6.07) is 18.5. The third-order valence-electron chi connectivity index (χ3n) is 5.70. The number of methoxy groups -OCH3 is 1. The monoisotopic (exact) mass is 553 g/mol. The molecule has 0 amide bonds. The van der Waals surface area contributed by atoms with Crippen molar-refractivity contribution in [1.82, 2.24) is 9.66 Å². The highest BCUT2D eigenvalue weighted by Gasteiger charge is 2.16. The predicted octanol–water partition coefficient (Wildman–Crippen LogP) is 6.80. The van der Waals surface area contributed by atoms with Crippen LogP contribution in [0.1, 0.15) is 43.1 Å². The highest BCUT2D eigenvalue weighted by atomic mass is 79.9. The molecule has 0 N–H and O–H groups in total. The lowest BCUT2D eigenvalue weighted by Gasteiger charge is -2.14. The molecule has 35 heavy (non-hydrogen) atoms. The average Bonchev–Trinajstić information content (AvgIpc) is 2.87. The van der Waals surface area contributed by atoms with Gasteiger partial charge in [-0.05, 0) is 66.1 Å². The van der Waals surface area contributed by atoms with Gasteiger partial charge in [-0.2, -0.15) is 9.78 Å². The smallest absolute Gasteiger partial charge is 0.282 e. The molecule has 3 aromatic carbocycles. The molecule has 1 atom stereocenters. The molecule has 8 heteroatoms. The number of halogens is 2. The summed E-state index contributed by atoms with van der Waals surface area (Å²) in [4.78, 5) is 18.0. The van der Waals surface area contributed by atoms with E-state index in [0.717, 1.165) is 22.0 Å². The lowest BCUT2D eigenvalue weighted by molar-refractivity contribution is 0.284. The van der Waals surface area contributed by atoms with Gasteiger partial charge < -0.3 is 9.47 Å². The molecule has 0 radical (unpaired) electrons. The van der Waals surface area contributed by atoms with E-state index in [4.69, 9.17) is 26.1 Å². The number of hydrogen-bond acceptors (Lipinski definition) is 5. The van der Waals surface area contributed by atoms with Gasteiger partial charge in [0.15, 0.2) is 11.5 Å². The van der Waals surface area contributed by atoms with Gasteiger partial charge in [0.25, 0.3) is 5.56 Å². The second-order valence-corrected chi connectivity index (χ2v) is 9.48. The molecule has 4 rings (SSSR count). The first-order valence-electron chi connectivity index (χ1n) is 11.2. The van der Waals surface area contributed by atoms with Crippen LogP contribution in [-0.4, -0.2) is 23.0 Å². The lowest BCUT2D eigenvalue weighted by atomic mass is 10.1. The van der Waals surface area contributed by atoms with Crippen LogP contribution in [-0.2, 0) is 6.61 Å². The minimum absolute atomic E-state index is 0.0612. The summed E-state index contributed by atoms with van der Waals surface area (Å²) in [6.07, 6.45) is 2.46. The molecular formula is C27H25BrClN3O3. The van der Waals surface area contributed by atoms with Gasteiger partial charge in [0.05, 0.1) is 24.2 Å². The van der Waals surface area contributed by atoms with Crippen molar-refractivity contribution in [3.05, 3.63) is 97.5 Å². The van der Waals surface area contributed by atoms with E-state index in [1.807, 2.05) is 61.5 Å². The van der Waals surface area contributed by atoms with E-state index < -0.39 is 0 Å². The Balaban J connectivity index is 1.64. The van der Waals surface area contributed by atoms with Crippen LogP contribution in [0.25, 0.3) is 10.9 Å². The van der Waals surface area contributed by atoms with Crippen LogP contribution in [0.2, 0.25) is 5.02 Å². The number of fused-ring (bicyclic) bond motifs is 1. The molecular weight excluding hydrogens is 530 g/mol. The number of benzene rings is 3. The molecule has 0 fully saturated rings. The van der Waals surface area contributed by atoms with Gasteiger partial charge in [-0.1, -0.05) is 53.5 Å². The Labute approximate surface area is 217 Å². The van der Waals surface area contributed by atoms with Crippen LogP contribution in [0.3, 0.4) is 0 Å². The molecule has 1 aromatic heterocycles. The summed E-state index contributed by atoms with van der Waals surface area (Å²) in [6.45, 7) is 4.48. The molecule has 0 spiro atoms. The summed E-state index contributed by atoms with van der Waals surface area (Å²) in [5.41, 5.74) is 2.20. The van der Waals surface area contributed by atoms with Crippen molar-refractivity contribution in [2.75, 3.05) is 7.11 Å². The summed E-state index contributed by atoms with van der Waals surface area (Å²) in [5.74, 6) is 1.86. The highest BCUT2D eigenvalue weighted by Crippen LogP contribution is 2.29. The van der Waals surface area contributed by atoms with E-state index in [2.05, 4.69) is 28.0 Å².